The number of hydrogen-bond acceptors (Lipinski definition) is 6. The number of allylic oxidation sites excluding steroid dienone is 3. The highest BCUT2D eigenvalue weighted by molar-refractivity contribution is 7.91. The maximum atomic E-state index is 13.6. The second-order valence-corrected chi connectivity index (χ2v) is 22.1. The predicted octanol–water partition coefficient (Wildman–Crippen LogP) is 9.02. The molecule has 5 fully saturated rings. The molecule has 1 amide bonds. The van der Waals surface area contributed by atoms with Crippen molar-refractivity contribution >= 4 is 27.5 Å². The van der Waals surface area contributed by atoms with E-state index in [1.807, 2.05) is 12.1 Å². The fraction of sp³-hybridized carbons (Fsp3) is 0.733. The second kappa shape index (κ2) is 14.1. The van der Waals surface area contributed by atoms with Gasteiger partial charge in [-0.15, -0.1) is 6.58 Å². The number of aromatic carboxylic acids is 1. The van der Waals surface area contributed by atoms with Gasteiger partial charge in [0.25, 0.3) is 0 Å². The van der Waals surface area contributed by atoms with Crippen LogP contribution in [-0.4, -0.2) is 73.8 Å². The highest BCUT2D eigenvalue weighted by Gasteiger charge is 2.70. The molecule has 298 valence electrons. The number of nitrogens with zero attached hydrogens (tertiary/aromatic N) is 1. The van der Waals surface area contributed by atoms with Gasteiger partial charge in [-0.05, 0) is 152 Å². The molecule has 0 unspecified atom stereocenters. The number of ether oxygens (including phenoxy) is 1. The first kappa shape index (κ1) is 39.6. The van der Waals surface area contributed by atoms with Crippen molar-refractivity contribution in [3.8, 4) is 0 Å². The van der Waals surface area contributed by atoms with Gasteiger partial charge in [-0.25, -0.2) is 18.0 Å². The Labute approximate surface area is 324 Å². The molecule has 1 aromatic carbocycles. The lowest BCUT2D eigenvalue weighted by Gasteiger charge is -2.72. The first-order chi connectivity index (χ1) is 25.4. The average molecular weight is 763 g/mol. The van der Waals surface area contributed by atoms with Gasteiger partial charge in [-0.1, -0.05) is 58.4 Å². The zero-order chi connectivity index (χ0) is 38.9. The SMILES string of the molecule is C=C(C)C[C@@H]1CC[C@]2(NC(=O)OCCCN3CCS(=O)(=O)CC3)CC[C@]3(C)[C@H](CC[C@@H]4[C@@]5(C)CC=C(c6ccc(C(=O)O)cc6)C(C)(C)[C@@H]5CC[C@]43C)[C@@H]12. The minimum atomic E-state index is -2.91. The van der Waals surface area contributed by atoms with Crippen molar-refractivity contribution in [1.29, 1.82) is 0 Å². The van der Waals surface area contributed by atoms with Crippen molar-refractivity contribution in [2.45, 2.75) is 118 Å². The number of amides is 1. The van der Waals surface area contributed by atoms with Crippen LogP contribution in [0.2, 0.25) is 0 Å². The Bertz CT molecular complexity index is 1770. The number of alkyl carbamates (subject to hydrolysis) is 1. The number of hydrogen-bond donors (Lipinski definition) is 2. The number of benzene rings is 1. The van der Waals surface area contributed by atoms with E-state index in [4.69, 9.17) is 4.74 Å². The smallest absolute Gasteiger partial charge is 0.407 e. The lowest BCUT2D eigenvalue weighted by atomic mass is 9.33. The molecular weight excluding hydrogens is 697 g/mol. The third-order valence-electron chi connectivity index (χ3n) is 16.8. The maximum Gasteiger partial charge on any atom is 0.407 e. The number of carbonyl (C=O) groups is 2. The molecule has 7 rings (SSSR count). The summed E-state index contributed by atoms with van der Waals surface area (Å²) < 4.78 is 29.5. The van der Waals surface area contributed by atoms with E-state index in [-0.39, 0.29) is 44.8 Å². The van der Waals surface area contributed by atoms with Crippen LogP contribution in [-0.2, 0) is 14.6 Å². The van der Waals surface area contributed by atoms with E-state index in [0.717, 1.165) is 50.6 Å². The molecule has 2 N–H and O–H groups in total. The quantitative estimate of drug-likeness (QED) is 0.191. The van der Waals surface area contributed by atoms with Crippen LogP contribution in [0.5, 0.6) is 0 Å². The Balaban J connectivity index is 1.09. The Hall–Kier alpha value is -2.65. The summed E-state index contributed by atoms with van der Waals surface area (Å²) in [6, 6.07) is 7.51. The molecule has 0 spiro atoms. The molecule has 1 saturated heterocycles. The Morgan fingerprint density at radius 1 is 0.926 bits per heavy atom. The molecule has 0 radical (unpaired) electrons. The van der Waals surface area contributed by atoms with Crippen LogP contribution in [0.1, 0.15) is 128 Å². The predicted molar refractivity (Wildman–Crippen MR) is 215 cm³/mol. The normalized spacial score (nSPS) is 39.5. The average Bonchev–Trinajstić information content (AvgIpc) is 3.44. The van der Waals surface area contributed by atoms with Crippen LogP contribution in [0.4, 0.5) is 4.79 Å². The Morgan fingerprint density at radius 2 is 1.63 bits per heavy atom. The number of sulfone groups is 1. The minimum Gasteiger partial charge on any atom is -0.478 e. The topological polar surface area (TPSA) is 113 Å². The summed E-state index contributed by atoms with van der Waals surface area (Å²) in [4.78, 5) is 27.3. The van der Waals surface area contributed by atoms with Crippen LogP contribution in [0.15, 0.2) is 42.5 Å². The van der Waals surface area contributed by atoms with Gasteiger partial charge in [0.05, 0.1) is 23.7 Å². The van der Waals surface area contributed by atoms with Crippen molar-refractivity contribution in [2.24, 2.45) is 51.2 Å². The highest BCUT2D eigenvalue weighted by atomic mass is 32.2. The molecule has 6 aliphatic rings. The molecule has 9 atom stereocenters. The standard InChI is InChI=1S/C45H66N2O6S/c1-30(2)29-33-15-20-45(46-40(50)53-26-8-23-47-24-27-54(51,52)28-25-47)22-21-43(6)35(38(33)45)13-14-37-42(5)18-16-34(31-9-11-32(12-10-31)39(48)49)41(3,4)36(42)17-19-44(37,43)7/h9-12,16,33,35-38H,1,8,13-15,17-29H2,2-7H3,(H,46,50)(H,48,49)/t33-,35+,36-,37+,38+,42-,43+,44+,45-/m0/s1. The van der Waals surface area contributed by atoms with Crippen LogP contribution in [0, 0.1) is 51.2 Å². The largest absolute Gasteiger partial charge is 0.478 e. The molecule has 0 aromatic heterocycles. The first-order valence-electron chi connectivity index (χ1n) is 20.9. The van der Waals surface area contributed by atoms with E-state index < -0.39 is 15.8 Å². The summed E-state index contributed by atoms with van der Waals surface area (Å²) in [5.41, 5.74) is 4.29. The molecule has 0 bridgehead atoms. The highest BCUT2D eigenvalue weighted by Crippen LogP contribution is 2.76. The van der Waals surface area contributed by atoms with Gasteiger partial charge >= 0.3 is 12.1 Å². The van der Waals surface area contributed by atoms with E-state index in [9.17, 15) is 23.1 Å². The zero-order valence-corrected chi connectivity index (χ0v) is 34.7. The lowest BCUT2D eigenvalue weighted by molar-refractivity contribution is -0.219. The maximum absolute atomic E-state index is 13.6. The lowest BCUT2D eigenvalue weighted by Crippen LogP contribution is -2.68. The molecular formula is C45H66N2O6S. The van der Waals surface area contributed by atoms with E-state index >= 15 is 0 Å². The van der Waals surface area contributed by atoms with Crippen LogP contribution >= 0.6 is 0 Å². The van der Waals surface area contributed by atoms with E-state index in [1.165, 1.54) is 36.8 Å². The molecule has 1 aliphatic heterocycles. The molecule has 8 nitrogen and oxygen atoms in total. The summed E-state index contributed by atoms with van der Waals surface area (Å²) in [6.07, 6.45) is 14.0. The first-order valence-corrected chi connectivity index (χ1v) is 22.7. The number of carboxylic acids is 1. The molecule has 9 heteroatoms. The molecule has 1 heterocycles. The van der Waals surface area contributed by atoms with Crippen LogP contribution < -0.4 is 5.32 Å². The molecule has 5 aliphatic carbocycles. The monoisotopic (exact) mass is 762 g/mol. The number of fused-ring (bicyclic) bond motifs is 7. The third-order valence-corrected chi connectivity index (χ3v) is 18.4. The van der Waals surface area contributed by atoms with Crippen molar-refractivity contribution in [1.82, 2.24) is 10.2 Å². The van der Waals surface area contributed by atoms with Crippen LogP contribution in [0.25, 0.3) is 5.57 Å². The second-order valence-electron chi connectivity index (χ2n) is 19.8. The van der Waals surface area contributed by atoms with Crippen molar-refractivity contribution in [3.63, 3.8) is 0 Å². The number of carboxylic acid groups (broad SMARTS) is 1. The van der Waals surface area contributed by atoms with Crippen molar-refractivity contribution in [3.05, 3.63) is 53.6 Å². The van der Waals surface area contributed by atoms with Crippen LogP contribution in [0.3, 0.4) is 0 Å². The zero-order valence-electron chi connectivity index (χ0n) is 33.8. The van der Waals surface area contributed by atoms with Crippen molar-refractivity contribution < 1.29 is 27.9 Å². The fourth-order valence-electron chi connectivity index (χ4n) is 14.2. The summed E-state index contributed by atoms with van der Waals surface area (Å²) >= 11 is 0. The summed E-state index contributed by atoms with van der Waals surface area (Å²) in [7, 11) is -2.91. The summed E-state index contributed by atoms with van der Waals surface area (Å²) in [5.74, 6) is 2.09. The fourth-order valence-corrected chi connectivity index (χ4v) is 15.5. The van der Waals surface area contributed by atoms with Gasteiger partial charge in [-0.3, -0.25) is 0 Å². The van der Waals surface area contributed by atoms with Gasteiger partial charge in [0.2, 0.25) is 0 Å². The van der Waals surface area contributed by atoms with E-state index in [2.05, 4.69) is 64.4 Å². The molecule has 4 saturated carbocycles. The van der Waals surface area contributed by atoms with E-state index in [1.54, 1.807) is 12.1 Å². The van der Waals surface area contributed by atoms with Crippen molar-refractivity contribution in [2.75, 3.05) is 37.7 Å². The van der Waals surface area contributed by atoms with Gasteiger partial charge in [-0.2, -0.15) is 0 Å². The van der Waals surface area contributed by atoms with Gasteiger partial charge in [0.1, 0.15) is 0 Å². The molecule has 54 heavy (non-hydrogen) atoms. The third kappa shape index (κ3) is 6.59. The minimum absolute atomic E-state index is 0.0325. The van der Waals surface area contributed by atoms with Gasteiger partial charge in [0.15, 0.2) is 9.84 Å². The summed E-state index contributed by atoms with van der Waals surface area (Å²) in [5, 5.41) is 13.1. The number of carbonyl (C=O) groups excluding carboxylic acids is 1. The number of rotatable bonds is 9. The van der Waals surface area contributed by atoms with Gasteiger partial charge in [0, 0.05) is 25.2 Å². The number of nitrogens with one attached hydrogen (secondary N) is 1. The molecule has 1 aromatic rings. The Kier molecular flexibility index (Phi) is 10.3. The Morgan fingerprint density at radius 3 is 2.30 bits per heavy atom. The van der Waals surface area contributed by atoms with Gasteiger partial charge < -0.3 is 20.1 Å². The van der Waals surface area contributed by atoms with E-state index in [0.29, 0.717) is 61.3 Å². The summed E-state index contributed by atoms with van der Waals surface area (Å²) in [6.45, 7) is 21.5.